The van der Waals surface area contributed by atoms with Gasteiger partial charge in [0, 0.05) is 42.8 Å². The highest BCUT2D eigenvalue weighted by atomic mass is 16.5. The standard InChI is InChI=1S/C23H22N3O/c1-27-14-4-13-24-19-9-11-22-18(15-19)7-10-20-16-25-21-6-3-2-5-17(21)8-12-23(25)26(20)22/h2-3,5-12,15-16,24H,4,13-14H2,1H3/q+1. The van der Waals surface area contributed by atoms with E-state index in [1.807, 2.05) is 0 Å². The van der Waals surface area contributed by atoms with E-state index in [1.165, 1.54) is 33.0 Å². The first kappa shape index (κ1) is 16.1. The fourth-order valence-corrected chi connectivity index (χ4v) is 3.86. The van der Waals surface area contributed by atoms with Crippen molar-refractivity contribution in [2.24, 2.45) is 0 Å². The van der Waals surface area contributed by atoms with Gasteiger partial charge >= 0.3 is 0 Å². The second-order valence-electron chi connectivity index (χ2n) is 6.89. The SMILES string of the molecule is COCCCNc1ccc2c(ccc3c[n+]4c5ccccc5ccc4n32)c1. The first-order valence-corrected chi connectivity index (χ1v) is 9.35. The monoisotopic (exact) mass is 356 g/mol. The van der Waals surface area contributed by atoms with Crippen LogP contribution >= 0.6 is 0 Å². The summed E-state index contributed by atoms with van der Waals surface area (Å²) in [5, 5.41) is 5.96. The minimum atomic E-state index is 0.780. The zero-order valence-corrected chi connectivity index (χ0v) is 15.4. The van der Waals surface area contributed by atoms with E-state index < -0.39 is 0 Å². The molecule has 0 radical (unpaired) electrons. The molecule has 0 unspecified atom stereocenters. The second-order valence-corrected chi connectivity index (χ2v) is 6.89. The van der Waals surface area contributed by atoms with E-state index in [0.717, 1.165) is 25.3 Å². The molecule has 0 aliphatic carbocycles. The van der Waals surface area contributed by atoms with Gasteiger partial charge in [-0.3, -0.25) is 0 Å². The van der Waals surface area contributed by atoms with Crippen LogP contribution in [0.25, 0.3) is 33.0 Å². The molecule has 3 aromatic heterocycles. The fraction of sp³-hybridized carbons (Fsp3) is 0.174. The maximum atomic E-state index is 5.12. The second kappa shape index (κ2) is 6.56. The normalized spacial score (nSPS) is 11.7. The number of aromatic nitrogens is 2. The third-order valence-corrected chi connectivity index (χ3v) is 5.16. The Balaban J connectivity index is 1.66. The van der Waals surface area contributed by atoms with Crippen molar-refractivity contribution < 1.29 is 9.14 Å². The molecule has 0 fully saturated rings. The highest BCUT2D eigenvalue weighted by molar-refractivity contribution is 5.88. The van der Waals surface area contributed by atoms with Crippen molar-refractivity contribution in [2.75, 3.05) is 25.6 Å². The Morgan fingerprint density at radius 2 is 1.85 bits per heavy atom. The molecule has 27 heavy (non-hydrogen) atoms. The van der Waals surface area contributed by atoms with Crippen LogP contribution in [0.5, 0.6) is 0 Å². The topological polar surface area (TPSA) is 29.8 Å². The van der Waals surface area contributed by atoms with E-state index in [1.54, 1.807) is 7.11 Å². The Bertz CT molecular complexity index is 1270. The molecule has 134 valence electrons. The van der Waals surface area contributed by atoms with Crippen LogP contribution in [0.3, 0.4) is 0 Å². The molecule has 3 heterocycles. The van der Waals surface area contributed by atoms with Crippen LogP contribution < -0.4 is 9.72 Å². The van der Waals surface area contributed by atoms with Crippen LogP contribution in [-0.4, -0.2) is 24.7 Å². The molecule has 0 aliphatic rings. The molecule has 5 rings (SSSR count). The van der Waals surface area contributed by atoms with Gasteiger partial charge in [-0.15, -0.1) is 0 Å². The van der Waals surface area contributed by atoms with Crippen molar-refractivity contribution >= 4 is 38.7 Å². The lowest BCUT2D eigenvalue weighted by Crippen LogP contribution is -2.19. The summed E-state index contributed by atoms with van der Waals surface area (Å²) in [6.07, 6.45) is 3.22. The Morgan fingerprint density at radius 3 is 2.78 bits per heavy atom. The number of anilines is 1. The summed E-state index contributed by atoms with van der Waals surface area (Å²) in [6.45, 7) is 1.69. The molecule has 0 spiro atoms. The average molecular weight is 356 g/mol. The lowest BCUT2D eigenvalue weighted by atomic mass is 10.2. The van der Waals surface area contributed by atoms with Crippen molar-refractivity contribution in [1.82, 2.24) is 4.40 Å². The van der Waals surface area contributed by atoms with Gasteiger partial charge in [0.15, 0.2) is 5.52 Å². The largest absolute Gasteiger partial charge is 0.385 e. The summed E-state index contributed by atoms with van der Waals surface area (Å²) >= 11 is 0. The first-order chi connectivity index (χ1) is 13.3. The minimum absolute atomic E-state index is 0.780. The Kier molecular flexibility index (Phi) is 3.91. The van der Waals surface area contributed by atoms with Gasteiger partial charge in [0.25, 0.3) is 5.65 Å². The van der Waals surface area contributed by atoms with Crippen LogP contribution in [0.4, 0.5) is 5.69 Å². The number of ether oxygens (including phenoxy) is 1. The number of para-hydroxylation sites is 1. The molecule has 1 N–H and O–H groups in total. The molecule has 0 saturated heterocycles. The maximum Gasteiger partial charge on any atom is 0.292 e. The molecule has 0 bridgehead atoms. The highest BCUT2D eigenvalue weighted by Gasteiger charge is 2.16. The van der Waals surface area contributed by atoms with Gasteiger partial charge in [0.1, 0.15) is 17.2 Å². The molecule has 0 saturated carbocycles. The molecule has 0 amide bonds. The summed E-state index contributed by atoms with van der Waals surface area (Å²) in [6, 6.07) is 23.9. The van der Waals surface area contributed by atoms with Crippen LogP contribution in [0.2, 0.25) is 0 Å². The van der Waals surface area contributed by atoms with E-state index in [-0.39, 0.29) is 0 Å². The average Bonchev–Trinajstić information content (AvgIpc) is 3.10. The first-order valence-electron chi connectivity index (χ1n) is 9.35. The van der Waals surface area contributed by atoms with Crippen molar-refractivity contribution in [2.45, 2.75) is 6.42 Å². The lowest BCUT2D eigenvalue weighted by molar-refractivity contribution is -0.479. The van der Waals surface area contributed by atoms with Crippen molar-refractivity contribution in [3.63, 3.8) is 0 Å². The van der Waals surface area contributed by atoms with Gasteiger partial charge in [-0.25, -0.2) is 0 Å². The predicted molar refractivity (Wildman–Crippen MR) is 111 cm³/mol. The minimum Gasteiger partial charge on any atom is -0.385 e. The van der Waals surface area contributed by atoms with E-state index in [2.05, 4.69) is 87.0 Å². The molecular weight excluding hydrogens is 334 g/mol. The summed E-state index contributed by atoms with van der Waals surface area (Å²) in [5.74, 6) is 0. The lowest BCUT2D eigenvalue weighted by Gasteiger charge is -2.07. The summed E-state index contributed by atoms with van der Waals surface area (Å²) < 4.78 is 9.72. The molecule has 2 aromatic carbocycles. The Morgan fingerprint density at radius 1 is 0.963 bits per heavy atom. The van der Waals surface area contributed by atoms with E-state index in [9.17, 15) is 0 Å². The van der Waals surface area contributed by atoms with Crippen LogP contribution in [0, 0.1) is 0 Å². The van der Waals surface area contributed by atoms with Gasteiger partial charge in [-0.05, 0) is 48.9 Å². The molecule has 5 aromatic rings. The van der Waals surface area contributed by atoms with Gasteiger partial charge in [0.2, 0.25) is 0 Å². The van der Waals surface area contributed by atoms with Crippen LogP contribution in [0.15, 0.2) is 72.9 Å². The summed E-state index contributed by atoms with van der Waals surface area (Å²) in [5.41, 5.74) is 5.96. The number of nitrogens with one attached hydrogen (secondary N) is 1. The van der Waals surface area contributed by atoms with Gasteiger partial charge in [-0.2, -0.15) is 8.80 Å². The molecular formula is C23H22N3O+. The Hall–Kier alpha value is -3.11. The molecule has 0 atom stereocenters. The Labute approximate surface area is 157 Å². The number of nitrogens with zero attached hydrogens (tertiary/aromatic N) is 2. The number of rotatable bonds is 5. The zero-order chi connectivity index (χ0) is 18.2. The van der Waals surface area contributed by atoms with Gasteiger partial charge in [-0.1, -0.05) is 18.2 Å². The van der Waals surface area contributed by atoms with E-state index in [4.69, 9.17) is 4.74 Å². The van der Waals surface area contributed by atoms with Gasteiger partial charge < -0.3 is 10.1 Å². The van der Waals surface area contributed by atoms with E-state index in [0.29, 0.717) is 0 Å². The quantitative estimate of drug-likeness (QED) is 0.373. The van der Waals surface area contributed by atoms with Crippen LogP contribution in [-0.2, 0) is 4.74 Å². The highest BCUT2D eigenvalue weighted by Crippen LogP contribution is 2.23. The van der Waals surface area contributed by atoms with E-state index >= 15 is 0 Å². The van der Waals surface area contributed by atoms with Gasteiger partial charge in [0.05, 0.1) is 0 Å². The third kappa shape index (κ3) is 2.69. The molecule has 4 heteroatoms. The molecule has 0 aliphatic heterocycles. The number of imidazole rings is 1. The molecule has 4 nitrogen and oxygen atoms in total. The number of pyridine rings is 2. The van der Waals surface area contributed by atoms with Crippen LogP contribution in [0.1, 0.15) is 6.42 Å². The number of hydrogen-bond acceptors (Lipinski definition) is 2. The van der Waals surface area contributed by atoms with Crippen molar-refractivity contribution in [3.05, 3.63) is 72.9 Å². The predicted octanol–water partition coefficient (Wildman–Crippen LogP) is 4.43. The third-order valence-electron chi connectivity index (χ3n) is 5.16. The number of benzene rings is 2. The van der Waals surface area contributed by atoms with Crippen molar-refractivity contribution in [1.29, 1.82) is 0 Å². The number of hydrogen-bond donors (Lipinski definition) is 1. The maximum absolute atomic E-state index is 5.12. The fourth-order valence-electron chi connectivity index (χ4n) is 3.86. The number of methoxy groups -OCH3 is 1. The van der Waals surface area contributed by atoms with Crippen molar-refractivity contribution in [3.8, 4) is 0 Å². The zero-order valence-electron chi connectivity index (χ0n) is 15.4. The number of fused-ring (bicyclic) bond motifs is 7. The smallest absolute Gasteiger partial charge is 0.292 e. The summed E-state index contributed by atoms with van der Waals surface area (Å²) in [7, 11) is 1.74. The summed E-state index contributed by atoms with van der Waals surface area (Å²) in [4.78, 5) is 0.